The van der Waals surface area contributed by atoms with Crippen LogP contribution in [0.2, 0.25) is 0 Å². The predicted octanol–water partition coefficient (Wildman–Crippen LogP) is 2.25. The molecule has 0 radical (unpaired) electrons. The number of nitrogens with zero attached hydrogens (tertiary/aromatic N) is 1. The highest BCUT2D eigenvalue weighted by atomic mass is 32.1. The average molecular weight is 313 g/mol. The SMILES string of the molecule is O=C(O)c1cc(CC(CCCS)C(=O)O)cc([N+](=O)[O-])c1. The molecule has 1 aromatic carbocycles. The van der Waals surface area contributed by atoms with Crippen molar-refractivity contribution in [2.75, 3.05) is 5.75 Å². The van der Waals surface area contributed by atoms with Crippen LogP contribution >= 0.6 is 12.6 Å². The van der Waals surface area contributed by atoms with Crippen LogP contribution in [0.15, 0.2) is 18.2 Å². The first kappa shape index (κ1) is 17.0. The second-order valence-corrected chi connectivity index (χ2v) is 5.00. The molecule has 0 bridgehead atoms. The second-order valence-electron chi connectivity index (χ2n) is 4.56. The van der Waals surface area contributed by atoms with Gasteiger partial charge in [-0.1, -0.05) is 0 Å². The molecule has 114 valence electrons. The second kappa shape index (κ2) is 7.63. The lowest BCUT2D eigenvalue weighted by Crippen LogP contribution is -2.17. The minimum atomic E-state index is -1.29. The lowest BCUT2D eigenvalue weighted by atomic mass is 9.94. The molecule has 1 rings (SSSR count). The number of hydrogen-bond acceptors (Lipinski definition) is 5. The highest BCUT2D eigenvalue weighted by molar-refractivity contribution is 7.80. The summed E-state index contributed by atoms with van der Waals surface area (Å²) in [4.78, 5) is 32.3. The van der Waals surface area contributed by atoms with Gasteiger partial charge in [-0.15, -0.1) is 0 Å². The fraction of sp³-hybridized carbons (Fsp3) is 0.385. The fourth-order valence-electron chi connectivity index (χ4n) is 1.96. The van der Waals surface area contributed by atoms with Crippen LogP contribution < -0.4 is 0 Å². The predicted molar refractivity (Wildman–Crippen MR) is 78.0 cm³/mol. The van der Waals surface area contributed by atoms with E-state index in [9.17, 15) is 19.7 Å². The molecule has 1 aromatic rings. The first-order valence-electron chi connectivity index (χ1n) is 6.20. The van der Waals surface area contributed by atoms with Gasteiger partial charge in [-0.05, 0) is 36.6 Å². The smallest absolute Gasteiger partial charge is 0.335 e. The van der Waals surface area contributed by atoms with Crippen LogP contribution in [0.25, 0.3) is 0 Å². The molecule has 0 saturated heterocycles. The Labute approximate surface area is 126 Å². The maximum absolute atomic E-state index is 11.2. The van der Waals surface area contributed by atoms with Gasteiger partial charge in [0.2, 0.25) is 0 Å². The molecule has 1 unspecified atom stereocenters. The Morgan fingerprint density at radius 3 is 2.43 bits per heavy atom. The fourth-order valence-corrected chi connectivity index (χ4v) is 2.14. The molecule has 0 aliphatic heterocycles. The number of benzene rings is 1. The number of carbonyl (C=O) groups is 2. The third-order valence-electron chi connectivity index (χ3n) is 2.98. The van der Waals surface area contributed by atoms with Gasteiger partial charge in [0.05, 0.1) is 16.4 Å². The standard InChI is InChI=1S/C13H15NO6S/c15-12(16)9(2-1-3-21)4-8-5-10(13(17)18)7-11(6-8)14(19)20/h5-7,9,21H,1-4H2,(H,15,16)(H,17,18). The number of hydrogen-bond donors (Lipinski definition) is 3. The number of aliphatic carboxylic acids is 1. The molecule has 7 nitrogen and oxygen atoms in total. The first-order chi connectivity index (χ1) is 9.85. The van der Waals surface area contributed by atoms with Crippen molar-refractivity contribution in [1.82, 2.24) is 0 Å². The van der Waals surface area contributed by atoms with Crippen molar-refractivity contribution in [1.29, 1.82) is 0 Å². The van der Waals surface area contributed by atoms with Gasteiger partial charge in [-0.25, -0.2) is 4.79 Å². The molecule has 0 heterocycles. The Morgan fingerprint density at radius 2 is 1.95 bits per heavy atom. The van der Waals surface area contributed by atoms with Crippen molar-refractivity contribution >= 4 is 30.3 Å². The van der Waals surface area contributed by atoms with Gasteiger partial charge in [-0.3, -0.25) is 14.9 Å². The van der Waals surface area contributed by atoms with E-state index < -0.39 is 22.8 Å². The highest BCUT2D eigenvalue weighted by Crippen LogP contribution is 2.22. The zero-order chi connectivity index (χ0) is 16.0. The molecule has 8 heteroatoms. The van der Waals surface area contributed by atoms with Gasteiger partial charge in [-0.2, -0.15) is 12.6 Å². The minimum absolute atomic E-state index is 0.0467. The summed E-state index contributed by atoms with van der Waals surface area (Å²) in [6, 6.07) is 3.43. The molecule has 0 amide bonds. The molecule has 0 aromatic heterocycles. The summed E-state index contributed by atoms with van der Waals surface area (Å²) in [6.07, 6.45) is 1.02. The zero-order valence-corrected chi connectivity index (χ0v) is 12.0. The van der Waals surface area contributed by atoms with Gasteiger partial charge in [0.25, 0.3) is 5.69 Å². The third-order valence-corrected chi connectivity index (χ3v) is 3.29. The lowest BCUT2D eigenvalue weighted by molar-refractivity contribution is -0.385. The maximum atomic E-state index is 11.2. The van der Waals surface area contributed by atoms with Crippen molar-refractivity contribution in [3.63, 3.8) is 0 Å². The van der Waals surface area contributed by atoms with Gasteiger partial charge in [0.15, 0.2) is 0 Å². The van der Waals surface area contributed by atoms with Crippen LogP contribution in [0.3, 0.4) is 0 Å². The molecule has 0 fully saturated rings. The Kier molecular flexibility index (Phi) is 6.16. The third kappa shape index (κ3) is 5.07. The van der Waals surface area contributed by atoms with E-state index in [4.69, 9.17) is 10.2 Å². The summed E-state index contributed by atoms with van der Waals surface area (Å²) in [5.74, 6) is -2.48. The van der Waals surface area contributed by atoms with Crippen molar-refractivity contribution in [3.8, 4) is 0 Å². The van der Waals surface area contributed by atoms with Crippen LogP contribution in [-0.4, -0.2) is 32.8 Å². The Hall–Kier alpha value is -2.09. The number of nitro groups is 1. The van der Waals surface area contributed by atoms with Crippen molar-refractivity contribution in [3.05, 3.63) is 39.4 Å². The molecule has 2 N–H and O–H groups in total. The summed E-state index contributed by atoms with van der Waals surface area (Å²) >= 11 is 4.02. The van der Waals surface area contributed by atoms with Crippen molar-refractivity contribution in [2.24, 2.45) is 5.92 Å². The molecule has 0 aliphatic carbocycles. The van der Waals surface area contributed by atoms with Crippen molar-refractivity contribution < 1.29 is 24.7 Å². The molecule has 21 heavy (non-hydrogen) atoms. The van der Waals surface area contributed by atoms with Gasteiger partial charge in [0, 0.05) is 12.1 Å². The summed E-state index contributed by atoms with van der Waals surface area (Å²) in [7, 11) is 0. The largest absolute Gasteiger partial charge is 0.481 e. The number of carboxylic acid groups (broad SMARTS) is 2. The minimum Gasteiger partial charge on any atom is -0.481 e. The van der Waals surface area contributed by atoms with Crippen molar-refractivity contribution in [2.45, 2.75) is 19.3 Å². The normalized spacial score (nSPS) is 11.9. The average Bonchev–Trinajstić information content (AvgIpc) is 2.42. The van der Waals surface area contributed by atoms with Gasteiger partial charge >= 0.3 is 11.9 Å². The van der Waals surface area contributed by atoms with E-state index in [2.05, 4.69) is 12.6 Å². The Morgan fingerprint density at radius 1 is 1.29 bits per heavy atom. The van der Waals surface area contributed by atoms with Gasteiger partial charge in [0.1, 0.15) is 0 Å². The van der Waals surface area contributed by atoms with E-state index in [1.165, 1.54) is 12.1 Å². The van der Waals surface area contributed by atoms with E-state index in [0.29, 0.717) is 24.2 Å². The number of carboxylic acids is 2. The first-order valence-corrected chi connectivity index (χ1v) is 6.83. The van der Waals surface area contributed by atoms with Crippen LogP contribution in [0.4, 0.5) is 5.69 Å². The quantitative estimate of drug-likeness (QED) is 0.385. The topological polar surface area (TPSA) is 118 Å². The van der Waals surface area contributed by atoms with Crippen LogP contribution in [0, 0.1) is 16.0 Å². The van der Waals surface area contributed by atoms with E-state index >= 15 is 0 Å². The summed E-state index contributed by atoms with van der Waals surface area (Å²) < 4.78 is 0. The van der Waals surface area contributed by atoms with Crippen LogP contribution in [0.5, 0.6) is 0 Å². The Bertz CT molecular complexity index is 527. The van der Waals surface area contributed by atoms with E-state index in [0.717, 1.165) is 6.07 Å². The summed E-state index contributed by atoms with van der Waals surface area (Å²) in [5, 5.41) is 28.9. The lowest BCUT2D eigenvalue weighted by Gasteiger charge is -2.12. The summed E-state index contributed by atoms with van der Waals surface area (Å²) in [5.41, 5.74) is -0.256. The molecule has 0 saturated carbocycles. The molecular formula is C13H15NO6S. The van der Waals surface area contributed by atoms with E-state index in [1.54, 1.807) is 0 Å². The molecule has 0 spiro atoms. The number of aromatic carboxylic acids is 1. The maximum Gasteiger partial charge on any atom is 0.335 e. The molecular weight excluding hydrogens is 298 g/mol. The van der Waals surface area contributed by atoms with Gasteiger partial charge < -0.3 is 10.2 Å². The van der Waals surface area contributed by atoms with E-state index in [1.807, 2.05) is 0 Å². The molecule has 0 aliphatic rings. The number of non-ortho nitro benzene ring substituents is 1. The van der Waals surface area contributed by atoms with E-state index in [-0.39, 0.29) is 17.7 Å². The van der Waals surface area contributed by atoms with Crippen LogP contribution in [0.1, 0.15) is 28.8 Å². The summed E-state index contributed by atoms with van der Waals surface area (Å²) in [6.45, 7) is 0. The Balaban J connectivity index is 3.07. The van der Waals surface area contributed by atoms with Crippen LogP contribution in [-0.2, 0) is 11.2 Å². The highest BCUT2D eigenvalue weighted by Gasteiger charge is 2.20. The monoisotopic (exact) mass is 313 g/mol. The number of thiol groups is 1. The number of nitro benzene ring substituents is 1. The molecule has 1 atom stereocenters. The number of rotatable bonds is 8. The zero-order valence-electron chi connectivity index (χ0n) is 11.1.